The number of methoxy groups -OCH3 is 1. The van der Waals surface area contributed by atoms with Crippen LogP contribution in [-0.4, -0.2) is 24.1 Å². The molecule has 6 nitrogen and oxygen atoms in total. The van der Waals surface area contributed by atoms with Gasteiger partial charge in [0, 0.05) is 12.5 Å². The first-order valence-electron chi connectivity index (χ1n) is 5.09. The topological polar surface area (TPSA) is 78.7 Å². The van der Waals surface area contributed by atoms with Crippen molar-refractivity contribution in [3.8, 4) is 5.75 Å². The van der Waals surface area contributed by atoms with Crippen LogP contribution in [0.1, 0.15) is 22.8 Å². The zero-order chi connectivity index (χ0) is 12.6. The fraction of sp³-hybridized carbons (Fsp3) is 0.364. The number of hydrogen-bond acceptors (Lipinski definition) is 5. The molecule has 0 fully saturated rings. The highest BCUT2D eigenvalue weighted by Crippen LogP contribution is 2.38. The van der Waals surface area contributed by atoms with E-state index >= 15 is 0 Å². The minimum atomic E-state index is -0.551. The molecule has 1 heterocycles. The Bertz CT molecular complexity index is 497. The van der Waals surface area contributed by atoms with Crippen LogP contribution in [0.25, 0.3) is 0 Å². The molecule has 17 heavy (non-hydrogen) atoms. The number of nitrogens with zero attached hydrogens (tertiary/aromatic N) is 1. The van der Waals surface area contributed by atoms with E-state index in [2.05, 4.69) is 4.74 Å². The predicted molar refractivity (Wildman–Crippen MR) is 58.2 cm³/mol. The van der Waals surface area contributed by atoms with Crippen LogP contribution >= 0.6 is 0 Å². The molecule has 0 radical (unpaired) electrons. The van der Waals surface area contributed by atoms with E-state index in [9.17, 15) is 14.9 Å². The monoisotopic (exact) mass is 237 g/mol. The number of ether oxygens (including phenoxy) is 2. The summed E-state index contributed by atoms with van der Waals surface area (Å²) in [5.41, 5.74) is 0.680. The third-order valence-electron chi connectivity index (χ3n) is 2.65. The van der Waals surface area contributed by atoms with Gasteiger partial charge < -0.3 is 9.47 Å². The van der Waals surface area contributed by atoms with Crippen molar-refractivity contribution in [2.24, 2.45) is 0 Å². The van der Waals surface area contributed by atoms with E-state index in [1.54, 1.807) is 6.92 Å². The number of nitro groups is 1. The molecule has 2 rings (SSSR count). The first-order chi connectivity index (χ1) is 8.04. The summed E-state index contributed by atoms with van der Waals surface area (Å²) in [5.74, 6) is -0.274. The molecule has 90 valence electrons. The Morgan fingerprint density at radius 3 is 2.88 bits per heavy atom. The second kappa shape index (κ2) is 4.04. The van der Waals surface area contributed by atoms with Crippen molar-refractivity contribution in [2.75, 3.05) is 7.11 Å². The quantitative estimate of drug-likeness (QED) is 0.444. The van der Waals surface area contributed by atoms with Gasteiger partial charge in [0.2, 0.25) is 0 Å². The fourth-order valence-corrected chi connectivity index (χ4v) is 1.92. The number of fused-ring (bicyclic) bond motifs is 1. The molecule has 0 aliphatic carbocycles. The van der Waals surface area contributed by atoms with E-state index in [0.29, 0.717) is 12.0 Å². The molecule has 1 aliphatic rings. The number of hydrogen-bond donors (Lipinski definition) is 0. The predicted octanol–water partition coefficient (Wildman–Crippen LogP) is 1.70. The third kappa shape index (κ3) is 1.82. The van der Waals surface area contributed by atoms with Crippen molar-refractivity contribution in [3.63, 3.8) is 0 Å². The van der Waals surface area contributed by atoms with Gasteiger partial charge >= 0.3 is 5.97 Å². The number of carbonyl (C=O) groups excluding carboxylic acids is 1. The highest BCUT2D eigenvalue weighted by molar-refractivity contribution is 5.94. The summed E-state index contributed by atoms with van der Waals surface area (Å²) in [5, 5.41) is 10.9. The van der Waals surface area contributed by atoms with Gasteiger partial charge in [-0.15, -0.1) is 0 Å². The minimum absolute atomic E-state index is 0.0167. The molecular formula is C11H11NO5. The SMILES string of the molecule is COC(=O)c1ccc([N+](=O)[O-])c2c1OC(C)C2. The highest BCUT2D eigenvalue weighted by atomic mass is 16.6. The maximum absolute atomic E-state index is 11.5. The van der Waals surface area contributed by atoms with Crippen LogP contribution in [0.2, 0.25) is 0 Å². The van der Waals surface area contributed by atoms with Crippen LogP contribution < -0.4 is 4.74 Å². The van der Waals surface area contributed by atoms with Gasteiger partial charge in [-0.3, -0.25) is 10.1 Å². The molecule has 1 aromatic carbocycles. The molecule has 0 N–H and O–H groups in total. The van der Waals surface area contributed by atoms with Crippen LogP contribution in [0.3, 0.4) is 0 Å². The second-order valence-corrected chi connectivity index (χ2v) is 3.82. The molecule has 1 atom stereocenters. The van der Waals surface area contributed by atoms with Crippen molar-refractivity contribution in [2.45, 2.75) is 19.4 Å². The van der Waals surface area contributed by atoms with Gasteiger partial charge in [0.1, 0.15) is 17.4 Å². The molecule has 1 aliphatic heterocycles. The summed E-state index contributed by atoms with van der Waals surface area (Å²) in [6.07, 6.45) is 0.255. The van der Waals surface area contributed by atoms with Gasteiger partial charge in [0.15, 0.2) is 0 Å². The molecule has 6 heteroatoms. The standard InChI is InChI=1S/C11H11NO5/c1-6-5-8-9(12(14)15)4-3-7(10(8)17-6)11(13)16-2/h3-4,6H,5H2,1-2H3. The molecule has 0 bridgehead atoms. The van der Waals surface area contributed by atoms with Crippen LogP contribution in [0.15, 0.2) is 12.1 Å². The molecule has 0 aromatic heterocycles. The van der Waals surface area contributed by atoms with Gasteiger partial charge in [-0.1, -0.05) is 0 Å². The van der Waals surface area contributed by atoms with E-state index in [-0.39, 0.29) is 23.1 Å². The van der Waals surface area contributed by atoms with Crippen LogP contribution in [0.5, 0.6) is 5.75 Å². The lowest BCUT2D eigenvalue weighted by atomic mass is 10.0. The lowest BCUT2D eigenvalue weighted by molar-refractivity contribution is -0.385. The molecule has 1 unspecified atom stereocenters. The van der Waals surface area contributed by atoms with E-state index in [1.807, 2.05) is 0 Å². The Labute approximate surface area is 97.3 Å². The summed E-state index contributed by atoms with van der Waals surface area (Å²) in [7, 11) is 1.26. The maximum Gasteiger partial charge on any atom is 0.341 e. The summed E-state index contributed by atoms with van der Waals surface area (Å²) in [4.78, 5) is 21.9. The number of benzene rings is 1. The Balaban J connectivity index is 2.58. The molecule has 0 amide bonds. The van der Waals surface area contributed by atoms with Crippen LogP contribution in [0.4, 0.5) is 5.69 Å². The average molecular weight is 237 g/mol. The Morgan fingerprint density at radius 2 is 2.29 bits per heavy atom. The molecule has 0 spiro atoms. The van der Waals surface area contributed by atoms with Crippen molar-refractivity contribution in [1.82, 2.24) is 0 Å². The van der Waals surface area contributed by atoms with Gasteiger partial charge in [-0.05, 0) is 13.0 Å². The zero-order valence-corrected chi connectivity index (χ0v) is 9.43. The first-order valence-corrected chi connectivity index (χ1v) is 5.09. The maximum atomic E-state index is 11.5. The summed E-state index contributed by atoms with van der Waals surface area (Å²) in [6.45, 7) is 1.80. The van der Waals surface area contributed by atoms with E-state index in [1.165, 1.54) is 19.2 Å². The van der Waals surface area contributed by atoms with E-state index in [0.717, 1.165) is 0 Å². The molecular weight excluding hydrogens is 226 g/mol. The summed E-state index contributed by atoms with van der Waals surface area (Å²) >= 11 is 0. The van der Waals surface area contributed by atoms with Crippen molar-refractivity contribution < 1.29 is 19.2 Å². The zero-order valence-electron chi connectivity index (χ0n) is 9.43. The molecule has 1 aromatic rings. The number of carbonyl (C=O) groups is 1. The van der Waals surface area contributed by atoms with E-state index in [4.69, 9.17) is 4.74 Å². The molecule has 0 saturated carbocycles. The Hall–Kier alpha value is -2.11. The second-order valence-electron chi connectivity index (χ2n) is 3.82. The number of esters is 1. The first kappa shape index (κ1) is 11.4. The lowest BCUT2D eigenvalue weighted by Crippen LogP contribution is -2.08. The van der Waals surface area contributed by atoms with Crippen LogP contribution in [-0.2, 0) is 11.2 Å². The van der Waals surface area contributed by atoms with Gasteiger partial charge in [-0.25, -0.2) is 4.79 Å². The average Bonchev–Trinajstić information content (AvgIpc) is 2.67. The van der Waals surface area contributed by atoms with Crippen molar-refractivity contribution >= 4 is 11.7 Å². The van der Waals surface area contributed by atoms with Crippen molar-refractivity contribution in [1.29, 1.82) is 0 Å². The summed E-state index contributed by atoms with van der Waals surface area (Å²) in [6, 6.07) is 2.67. The summed E-state index contributed by atoms with van der Waals surface area (Å²) < 4.78 is 10.1. The lowest BCUT2D eigenvalue weighted by Gasteiger charge is -2.07. The fourth-order valence-electron chi connectivity index (χ4n) is 1.92. The Morgan fingerprint density at radius 1 is 1.59 bits per heavy atom. The van der Waals surface area contributed by atoms with Gasteiger partial charge in [0.05, 0.1) is 17.6 Å². The molecule has 0 saturated heterocycles. The minimum Gasteiger partial charge on any atom is -0.489 e. The largest absolute Gasteiger partial charge is 0.489 e. The van der Waals surface area contributed by atoms with Gasteiger partial charge in [0.25, 0.3) is 5.69 Å². The number of nitro benzene ring substituents is 1. The van der Waals surface area contributed by atoms with Gasteiger partial charge in [-0.2, -0.15) is 0 Å². The highest BCUT2D eigenvalue weighted by Gasteiger charge is 2.32. The third-order valence-corrected chi connectivity index (χ3v) is 2.65. The van der Waals surface area contributed by atoms with E-state index < -0.39 is 10.9 Å². The van der Waals surface area contributed by atoms with Crippen LogP contribution in [0, 0.1) is 10.1 Å². The van der Waals surface area contributed by atoms with Crippen molar-refractivity contribution in [3.05, 3.63) is 33.4 Å². The normalized spacial score (nSPS) is 17.2. The smallest absolute Gasteiger partial charge is 0.341 e. The Kier molecular flexibility index (Phi) is 2.71. The number of rotatable bonds is 2.